The Hall–Kier alpha value is -0.790. The molecule has 0 heterocycles. The van der Waals surface area contributed by atoms with Crippen LogP contribution >= 0.6 is 0 Å². The Balaban J connectivity index is 3.06. The number of carboxylic acid groups (broad SMARTS) is 1. The fourth-order valence-electron chi connectivity index (χ4n) is 1.99. The molecule has 0 radical (unpaired) electrons. The van der Waals surface area contributed by atoms with E-state index in [2.05, 4.69) is 19.1 Å². The van der Waals surface area contributed by atoms with E-state index in [9.17, 15) is 9.90 Å². The average molecular weight is 253 g/mol. The van der Waals surface area contributed by atoms with Crippen LogP contribution in [0.25, 0.3) is 0 Å². The molecule has 0 aromatic carbocycles. The van der Waals surface area contributed by atoms with Crippen molar-refractivity contribution in [1.29, 1.82) is 0 Å². The summed E-state index contributed by atoms with van der Waals surface area (Å²) in [5.74, 6) is -0.916. The minimum absolute atomic E-state index is 0.220. The first kappa shape index (κ1) is 17.2. The van der Waals surface area contributed by atoms with Crippen molar-refractivity contribution >= 4 is 5.97 Å². The first-order chi connectivity index (χ1) is 8.77. The molecule has 2 nitrogen and oxygen atoms in total. The number of carbonyl (C=O) groups is 1. The van der Waals surface area contributed by atoms with Gasteiger partial charge < -0.3 is 9.90 Å². The van der Waals surface area contributed by atoms with Crippen molar-refractivity contribution in [2.45, 2.75) is 84.0 Å². The second-order valence-electron chi connectivity index (χ2n) is 5.00. The van der Waals surface area contributed by atoms with Crippen LogP contribution in [0.4, 0.5) is 0 Å². The molecule has 0 saturated carbocycles. The highest BCUT2D eigenvalue weighted by molar-refractivity contribution is 5.63. The van der Waals surface area contributed by atoms with Crippen LogP contribution in [0, 0.1) is 0 Å². The van der Waals surface area contributed by atoms with Gasteiger partial charge in [-0.25, -0.2) is 0 Å². The number of carboxylic acids is 1. The van der Waals surface area contributed by atoms with Gasteiger partial charge in [0.05, 0.1) is 0 Å². The minimum atomic E-state index is -0.916. The van der Waals surface area contributed by atoms with Crippen LogP contribution in [0.3, 0.4) is 0 Å². The highest BCUT2D eigenvalue weighted by Gasteiger charge is 1.91. The van der Waals surface area contributed by atoms with Crippen LogP contribution in [-0.2, 0) is 4.79 Å². The molecule has 0 aromatic heterocycles. The van der Waals surface area contributed by atoms with Crippen LogP contribution in [0.1, 0.15) is 84.0 Å². The molecular formula is C16H29O2-. The fourth-order valence-corrected chi connectivity index (χ4v) is 1.99. The van der Waals surface area contributed by atoms with E-state index < -0.39 is 5.97 Å². The number of hydrogen-bond donors (Lipinski definition) is 0. The Morgan fingerprint density at radius 3 is 1.89 bits per heavy atom. The zero-order valence-corrected chi connectivity index (χ0v) is 12.0. The second kappa shape index (κ2) is 14.3. The van der Waals surface area contributed by atoms with Gasteiger partial charge in [-0.15, -0.1) is 0 Å². The SMILES string of the molecule is CCCCCC/C=C\CCCCCCCC(=O)[O-]. The normalized spacial score (nSPS) is 11.2. The number of carbonyl (C=O) groups excluding carboxylic acids is 1. The Kier molecular flexibility index (Phi) is 13.6. The zero-order valence-electron chi connectivity index (χ0n) is 12.0. The lowest BCUT2D eigenvalue weighted by atomic mass is 10.1. The molecule has 0 atom stereocenters. The fraction of sp³-hybridized carbons (Fsp3) is 0.812. The minimum Gasteiger partial charge on any atom is -0.550 e. The molecule has 0 bridgehead atoms. The molecule has 0 aliphatic rings. The van der Waals surface area contributed by atoms with Gasteiger partial charge in [0, 0.05) is 5.97 Å². The third kappa shape index (κ3) is 15.2. The summed E-state index contributed by atoms with van der Waals surface area (Å²) in [5, 5.41) is 10.2. The maximum atomic E-state index is 10.2. The van der Waals surface area contributed by atoms with Crippen molar-refractivity contribution < 1.29 is 9.90 Å². The third-order valence-electron chi connectivity index (χ3n) is 3.14. The first-order valence-electron chi connectivity index (χ1n) is 7.62. The molecule has 2 heteroatoms. The molecule has 0 amide bonds. The standard InChI is InChI=1S/C16H30O2/c1-2-3-4-5-6-7-8-9-10-11-12-13-14-15-16(17)18/h7-8H,2-6,9-15H2,1H3,(H,17,18)/p-1/b8-7-. The number of aliphatic carboxylic acids is 1. The lowest BCUT2D eigenvalue weighted by Crippen LogP contribution is -2.21. The van der Waals surface area contributed by atoms with Gasteiger partial charge in [0.15, 0.2) is 0 Å². The smallest absolute Gasteiger partial charge is 0.0414 e. The van der Waals surface area contributed by atoms with Crippen molar-refractivity contribution in [3.05, 3.63) is 12.2 Å². The topological polar surface area (TPSA) is 40.1 Å². The maximum Gasteiger partial charge on any atom is 0.0414 e. The third-order valence-corrected chi connectivity index (χ3v) is 3.14. The molecule has 106 valence electrons. The maximum absolute atomic E-state index is 10.2. The Morgan fingerprint density at radius 1 is 0.833 bits per heavy atom. The summed E-state index contributed by atoms with van der Waals surface area (Å²) in [6.45, 7) is 2.24. The molecule has 0 rings (SSSR count). The molecule has 18 heavy (non-hydrogen) atoms. The molecule has 0 N–H and O–H groups in total. The number of rotatable bonds is 13. The van der Waals surface area contributed by atoms with Gasteiger partial charge in [-0.3, -0.25) is 0 Å². The van der Waals surface area contributed by atoms with E-state index in [4.69, 9.17) is 0 Å². The van der Waals surface area contributed by atoms with Gasteiger partial charge in [0.2, 0.25) is 0 Å². The van der Waals surface area contributed by atoms with E-state index in [-0.39, 0.29) is 6.42 Å². The molecule has 0 aliphatic carbocycles. The Morgan fingerprint density at radius 2 is 1.33 bits per heavy atom. The highest BCUT2D eigenvalue weighted by Crippen LogP contribution is 2.08. The zero-order chi connectivity index (χ0) is 13.5. The van der Waals surface area contributed by atoms with E-state index in [0.29, 0.717) is 0 Å². The number of allylic oxidation sites excluding steroid dienone is 2. The van der Waals surface area contributed by atoms with Crippen molar-refractivity contribution in [2.24, 2.45) is 0 Å². The van der Waals surface area contributed by atoms with Crippen LogP contribution in [0.2, 0.25) is 0 Å². The van der Waals surface area contributed by atoms with Gasteiger partial charge in [0.1, 0.15) is 0 Å². The van der Waals surface area contributed by atoms with Gasteiger partial charge in [-0.2, -0.15) is 0 Å². The van der Waals surface area contributed by atoms with Crippen molar-refractivity contribution in [3.8, 4) is 0 Å². The van der Waals surface area contributed by atoms with E-state index in [0.717, 1.165) is 19.3 Å². The van der Waals surface area contributed by atoms with E-state index >= 15 is 0 Å². The van der Waals surface area contributed by atoms with Crippen molar-refractivity contribution in [3.63, 3.8) is 0 Å². The van der Waals surface area contributed by atoms with Crippen molar-refractivity contribution in [1.82, 2.24) is 0 Å². The summed E-state index contributed by atoms with van der Waals surface area (Å²) in [7, 11) is 0. The van der Waals surface area contributed by atoms with Crippen LogP contribution in [0.15, 0.2) is 12.2 Å². The van der Waals surface area contributed by atoms with E-state index in [1.807, 2.05) is 0 Å². The quantitative estimate of drug-likeness (QED) is 0.368. The summed E-state index contributed by atoms with van der Waals surface area (Å²) in [6, 6.07) is 0. The summed E-state index contributed by atoms with van der Waals surface area (Å²) in [6.07, 6.45) is 18.0. The number of hydrogen-bond acceptors (Lipinski definition) is 2. The average Bonchev–Trinajstić information content (AvgIpc) is 2.34. The predicted octanol–water partition coefficient (Wildman–Crippen LogP) is 3.99. The largest absolute Gasteiger partial charge is 0.550 e. The molecule has 0 saturated heterocycles. The van der Waals surface area contributed by atoms with Crippen LogP contribution in [-0.4, -0.2) is 5.97 Å². The van der Waals surface area contributed by atoms with Crippen LogP contribution in [0.5, 0.6) is 0 Å². The molecule has 0 spiro atoms. The molecule has 0 aliphatic heterocycles. The predicted molar refractivity (Wildman–Crippen MR) is 75.2 cm³/mol. The monoisotopic (exact) mass is 253 g/mol. The molecule has 0 aromatic rings. The van der Waals surface area contributed by atoms with Crippen molar-refractivity contribution in [2.75, 3.05) is 0 Å². The van der Waals surface area contributed by atoms with Crippen LogP contribution < -0.4 is 5.11 Å². The van der Waals surface area contributed by atoms with E-state index in [1.54, 1.807) is 0 Å². The second-order valence-corrected chi connectivity index (χ2v) is 5.00. The summed E-state index contributed by atoms with van der Waals surface area (Å²) in [5.41, 5.74) is 0. The first-order valence-corrected chi connectivity index (χ1v) is 7.62. The lowest BCUT2D eigenvalue weighted by molar-refractivity contribution is -0.305. The summed E-state index contributed by atoms with van der Waals surface area (Å²) in [4.78, 5) is 10.2. The van der Waals surface area contributed by atoms with E-state index in [1.165, 1.54) is 51.4 Å². The summed E-state index contributed by atoms with van der Waals surface area (Å²) >= 11 is 0. The Labute approximate surface area is 112 Å². The van der Waals surface area contributed by atoms with Gasteiger partial charge in [-0.1, -0.05) is 57.6 Å². The molecule has 0 fully saturated rings. The van der Waals surface area contributed by atoms with Gasteiger partial charge in [0.25, 0.3) is 0 Å². The number of unbranched alkanes of at least 4 members (excludes halogenated alkanes) is 9. The molecular weight excluding hydrogens is 224 g/mol. The van der Waals surface area contributed by atoms with Gasteiger partial charge >= 0.3 is 0 Å². The highest BCUT2D eigenvalue weighted by atomic mass is 16.4. The Bertz CT molecular complexity index is 209. The summed E-state index contributed by atoms with van der Waals surface area (Å²) < 4.78 is 0. The lowest BCUT2D eigenvalue weighted by Gasteiger charge is -2.01. The van der Waals surface area contributed by atoms with Gasteiger partial charge in [-0.05, 0) is 38.5 Å². The molecule has 0 unspecified atom stereocenters.